The minimum Gasteiger partial charge on any atom is -0.497 e. The van der Waals surface area contributed by atoms with Gasteiger partial charge in [0, 0.05) is 12.1 Å². The van der Waals surface area contributed by atoms with E-state index in [9.17, 15) is 9.59 Å². The predicted octanol–water partition coefficient (Wildman–Crippen LogP) is 1.93. The van der Waals surface area contributed by atoms with Crippen molar-refractivity contribution in [1.82, 2.24) is 5.32 Å². The van der Waals surface area contributed by atoms with E-state index in [4.69, 9.17) is 9.84 Å². The minimum absolute atomic E-state index is 0.0921. The Hall–Kier alpha value is -2.04. The molecule has 2 N–H and O–H groups in total. The lowest BCUT2D eigenvalue weighted by molar-refractivity contribution is -0.147. The van der Waals surface area contributed by atoms with Crippen LogP contribution in [0, 0.1) is 5.41 Å². The molecular weight excluding hydrogens is 246 g/mol. The number of carboxylic acids is 1. The van der Waals surface area contributed by atoms with Crippen LogP contribution in [0.2, 0.25) is 0 Å². The first kappa shape index (κ1) is 15.0. The molecule has 1 atom stereocenters. The van der Waals surface area contributed by atoms with Gasteiger partial charge in [0.25, 0.3) is 5.91 Å². The first-order valence-corrected chi connectivity index (χ1v) is 6.08. The number of ether oxygens (including phenoxy) is 1. The number of carboxylic acid groups (broad SMARTS) is 1. The number of carbonyl (C=O) groups is 2. The van der Waals surface area contributed by atoms with Crippen molar-refractivity contribution in [3.05, 3.63) is 29.8 Å². The van der Waals surface area contributed by atoms with Gasteiger partial charge in [0.15, 0.2) is 0 Å². The summed E-state index contributed by atoms with van der Waals surface area (Å²) in [6.07, 6.45) is 0.445. The Morgan fingerprint density at radius 2 is 2.11 bits per heavy atom. The summed E-state index contributed by atoms with van der Waals surface area (Å²) in [5, 5.41) is 11.8. The Kier molecular flexibility index (Phi) is 4.92. The molecular formula is C14H19NO4. The van der Waals surface area contributed by atoms with Gasteiger partial charge in [-0.3, -0.25) is 9.59 Å². The Morgan fingerprint density at radius 1 is 1.42 bits per heavy atom. The normalized spacial score (nSPS) is 13.4. The number of methoxy groups -OCH3 is 1. The second-order valence-corrected chi connectivity index (χ2v) is 4.63. The highest BCUT2D eigenvalue weighted by molar-refractivity contribution is 5.94. The molecule has 1 rings (SSSR count). The molecule has 19 heavy (non-hydrogen) atoms. The first-order chi connectivity index (χ1) is 8.92. The van der Waals surface area contributed by atoms with E-state index in [-0.39, 0.29) is 12.5 Å². The molecule has 0 fully saturated rings. The maximum absolute atomic E-state index is 11.9. The summed E-state index contributed by atoms with van der Waals surface area (Å²) in [6, 6.07) is 6.72. The van der Waals surface area contributed by atoms with Crippen molar-refractivity contribution in [1.29, 1.82) is 0 Å². The highest BCUT2D eigenvalue weighted by Crippen LogP contribution is 2.20. The summed E-state index contributed by atoms with van der Waals surface area (Å²) in [5.41, 5.74) is -0.502. The first-order valence-electron chi connectivity index (χ1n) is 6.08. The number of aliphatic carboxylic acids is 1. The lowest BCUT2D eigenvalue weighted by Gasteiger charge is -2.23. The Labute approximate surface area is 112 Å². The third kappa shape index (κ3) is 3.71. The van der Waals surface area contributed by atoms with E-state index in [1.165, 1.54) is 7.11 Å². The van der Waals surface area contributed by atoms with Crippen LogP contribution in [0.1, 0.15) is 30.6 Å². The molecule has 0 aliphatic rings. The fourth-order valence-electron chi connectivity index (χ4n) is 1.49. The molecule has 0 aliphatic heterocycles. The van der Waals surface area contributed by atoms with Crippen molar-refractivity contribution in [3.8, 4) is 5.75 Å². The van der Waals surface area contributed by atoms with Crippen LogP contribution in [-0.4, -0.2) is 30.6 Å². The number of nitrogens with one attached hydrogen (secondary N) is 1. The van der Waals surface area contributed by atoms with Gasteiger partial charge in [-0.1, -0.05) is 13.0 Å². The van der Waals surface area contributed by atoms with Crippen molar-refractivity contribution in [3.63, 3.8) is 0 Å². The Morgan fingerprint density at radius 3 is 2.63 bits per heavy atom. The molecule has 0 spiro atoms. The van der Waals surface area contributed by atoms with Gasteiger partial charge in [0.05, 0.1) is 12.5 Å². The van der Waals surface area contributed by atoms with Crippen molar-refractivity contribution in [2.24, 2.45) is 5.41 Å². The lowest BCUT2D eigenvalue weighted by atomic mass is 9.87. The Balaban J connectivity index is 2.72. The van der Waals surface area contributed by atoms with E-state index in [2.05, 4.69) is 5.32 Å². The average molecular weight is 265 g/mol. The van der Waals surface area contributed by atoms with Crippen LogP contribution in [-0.2, 0) is 4.79 Å². The van der Waals surface area contributed by atoms with E-state index < -0.39 is 11.4 Å². The van der Waals surface area contributed by atoms with E-state index in [1.54, 1.807) is 38.1 Å². The van der Waals surface area contributed by atoms with E-state index in [1.807, 2.05) is 0 Å². The maximum Gasteiger partial charge on any atom is 0.311 e. The number of amides is 1. The van der Waals surface area contributed by atoms with Crippen molar-refractivity contribution >= 4 is 11.9 Å². The molecule has 0 bridgehead atoms. The van der Waals surface area contributed by atoms with Gasteiger partial charge >= 0.3 is 5.97 Å². The van der Waals surface area contributed by atoms with Gasteiger partial charge in [-0.15, -0.1) is 0 Å². The summed E-state index contributed by atoms with van der Waals surface area (Å²) in [5.74, 6) is -0.634. The maximum atomic E-state index is 11.9. The molecule has 1 amide bonds. The van der Waals surface area contributed by atoms with Crippen LogP contribution in [0.3, 0.4) is 0 Å². The minimum atomic E-state index is -0.950. The summed E-state index contributed by atoms with van der Waals surface area (Å²) in [4.78, 5) is 23.1. The molecule has 1 aromatic rings. The number of hydrogen-bond acceptors (Lipinski definition) is 3. The van der Waals surface area contributed by atoms with Crippen molar-refractivity contribution < 1.29 is 19.4 Å². The monoisotopic (exact) mass is 265 g/mol. The number of hydrogen-bond donors (Lipinski definition) is 2. The van der Waals surface area contributed by atoms with Crippen LogP contribution < -0.4 is 10.1 Å². The van der Waals surface area contributed by atoms with Crippen LogP contribution in [0.25, 0.3) is 0 Å². The van der Waals surface area contributed by atoms with Crippen molar-refractivity contribution in [2.45, 2.75) is 20.3 Å². The van der Waals surface area contributed by atoms with E-state index in [0.29, 0.717) is 17.7 Å². The molecule has 0 heterocycles. The SMILES string of the molecule is CCC(C)(CNC(=O)c1cccc(OC)c1)C(=O)O. The molecule has 1 unspecified atom stereocenters. The highest BCUT2D eigenvalue weighted by atomic mass is 16.5. The number of rotatable bonds is 6. The second kappa shape index (κ2) is 6.22. The predicted molar refractivity (Wildman–Crippen MR) is 71.4 cm³/mol. The molecule has 0 radical (unpaired) electrons. The van der Waals surface area contributed by atoms with Gasteiger partial charge in [0.2, 0.25) is 0 Å². The van der Waals surface area contributed by atoms with Gasteiger partial charge in [0.1, 0.15) is 5.75 Å². The molecule has 0 aliphatic carbocycles. The standard InChI is InChI=1S/C14H19NO4/c1-4-14(2,13(17)18)9-15-12(16)10-6-5-7-11(8-10)19-3/h5-8H,4,9H2,1-3H3,(H,15,16)(H,17,18). The number of benzene rings is 1. The van der Waals surface area contributed by atoms with Crippen LogP contribution in [0.4, 0.5) is 0 Å². The zero-order chi connectivity index (χ0) is 14.5. The smallest absolute Gasteiger partial charge is 0.311 e. The fourth-order valence-corrected chi connectivity index (χ4v) is 1.49. The third-order valence-electron chi connectivity index (χ3n) is 3.27. The zero-order valence-electron chi connectivity index (χ0n) is 11.4. The van der Waals surface area contributed by atoms with Crippen LogP contribution >= 0.6 is 0 Å². The Bertz CT molecular complexity index is 472. The summed E-state index contributed by atoms with van der Waals surface area (Å²) in [6.45, 7) is 3.49. The largest absolute Gasteiger partial charge is 0.497 e. The van der Waals surface area contributed by atoms with Crippen LogP contribution in [0.15, 0.2) is 24.3 Å². The lowest BCUT2D eigenvalue weighted by Crippen LogP contribution is -2.40. The van der Waals surface area contributed by atoms with Crippen LogP contribution in [0.5, 0.6) is 5.75 Å². The quantitative estimate of drug-likeness (QED) is 0.824. The second-order valence-electron chi connectivity index (χ2n) is 4.63. The average Bonchev–Trinajstić information content (AvgIpc) is 2.44. The molecule has 1 aromatic carbocycles. The zero-order valence-corrected chi connectivity index (χ0v) is 11.4. The van der Waals surface area contributed by atoms with E-state index >= 15 is 0 Å². The fraction of sp³-hybridized carbons (Fsp3) is 0.429. The van der Waals surface area contributed by atoms with E-state index in [0.717, 1.165) is 0 Å². The summed E-state index contributed by atoms with van der Waals surface area (Å²) < 4.78 is 5.04. The highest BCUT2D eigenvalue weighted by Gasteiger charge is 2.31. The van der Waals surface area contributed by atoms with Gasteiger partial charge < -0.3 is 15.2 Å². The number of carbonyl (C=O) groups excluding carboxylic acids is 1. The van der Waals surface area contributed by atoms with Gasteiger partial charge in [-0.25, -0.2) is 0 Å². The summed E-state index contributed by atoms with van der Waals surface area (Å²) in [7, 11) is 1.52. The third-order valence-corrected chi connectivity index (χ3v) is 3.27. The molecule has 104 valence electrons. The molecule has 0 aromatic heterocycles. The summed E-state index contributed by atoms with van der Waals surface area (Å²) >= 11 is 0. The van der Waals surface area contributed by atoms with Gasteiger partial charge in [-0.2, -0.15) is 0 Å². The molecule has 5 heteroatoms. The molecule has 0 saturated carbocycles. The van der Waals surface area contributed by atoms with Gasteiger partial charge in [-0.05, 0) is 31.5 Å². The topological polar surface area (TPSA) is 75.6 Å². The molecule has 5 nitrogen and oxygen atoms in total. The molecule has 0 saturated heterocycles. The van der Waals surface area contributed by atoms with Crippen molar-refractivity contribution in [2.75, 3.05) is 13.7 Å².